The Bertz CT molecular complexity index is 1030. The first kappa shape index (κ1) is 19.8. The van der Waals surface area contributed by atoms with Gasteiger partial charge in [0, 0.05) is 38.1 Å². The van der Waals surface area contributed by atoms with Crippen LogP contribution in [0.5, 0.6) is 5.75 Å². The van der Waals surface area contributed by atoms with E-state index >= 15 is 0 Å². The second-order valence-corrected chi connectivity index (χ2v) is 7.91. The Morgan fingerprint density at radius 3 is 2.68 bits per heavy atom. The summed E-state index contributed by atoms with van der Waals surface area (Å²) in [4.78, 5) is 13.5. The monoisotopic (exact) mass is 421 g/mol. The standard InChI is InChI=1S/C22H27N7O2/c1-16-10-17(25-22-24-15-29(26-22)18-4-3-5-23-12-18)11-20(21(16)30-2)28-8-6-27(7-9-28)19-13-31-14-19/h3-5,10-12,15,19H,6-9,13-14H2,1-2H3,(H,25,26). The van der Waals surface area contributed by atoms with Gasteiger partial charge in [0.2, 0.25) is 5.95 Å². The first-order valence-electron chi connectivity index (χ1n) is 10.6. The Balaban J connectivity index is 1.34. The van der Waals surface area contributed by atoms with E-state index in [9.17, 15) is 0 Å². The van der Waals surface area contributed by atoms with Gasteiger partial charge in [-0.3, -0.25) is 9.88 Å². The average molecular weight is 422 g/mol. The van der Waals surface area contributed by atoms with Crippen molar-refractivity contribution in [1.82, 2.24) is 24.6 Å². The lowest BCUT2D eigenvalue weighted by atomic mass is 10.1. The Morgan fingerprint density at radius 2 is 2.00 bits per heavy atom. The fourth-order valence-corrected chi connectivity index (χ4v) is 4.15. The smallest absolute Gasteiger partial charge is 0.246 e. The van der Waals surface area contributed by atoms with Gasteiger partial charge >= 0.3 is 0 Å². The predicted molar refractivity (Wildman–Crippen MR) is 119 cm³/mol. The minimum absolute atomic E-state index is 0.536. The predicted octanol–water partition coefficient (Wildman–Crippen LogP) is 2.24. The molecule has 2 aromatic heterocycles. The van der Waals surface area contributed by atoms with Gasteiger partial charge in [-0.05, 0) is 36.8 Å². The van der Waals surface area contributed by atoms with Gasteiger partial charge in [0.15, 0.2) is 0 Å². The number of hydrogen-bond donors (Lipinski definition) is 1. The number of aryl methyl sites for hydroxylation is 1. The van der Waals surface area contributed by atoms with Crippen molar-refractivity contribution >= 4 is 17.3 Å². The van der Waals surface area contributed by atoms with E-state index < -0.39 is 0 Å². The average Bonchev–Trinajstić information content (AvgIpc) is 3.22. The normalized spacial score (nSPS) is 17.4. The molecule has 0 aliphatic carbocycles. The summed E-state index contributed by atoms with van der Waals surface area (Å²) >= 11 is 0. The summed E-state index contributed by atoms with van der Waals surface area (Å²) in [6.45, 7) is 7.78. The quantitative estimate of drug-likeness (QED) is 0.649. The number of piperazine rings is 1. The molecule has 0 amide bonds. The maximum atomic E-state index is 5.76. The summed E-state index contributed by atoms with van der Waals surface area (Å²) < 4.78 is 12.8. The maximum absolute atomic E-state index is 5.76. The van der Waals surface area contributed by atoms with Crippen LogP contribution in [0.1, 0.15) is 5.56 Å². The van der Waals surface area contributed by atoms with Crippen LogP contribution in [0.25, 0.3) is 5.69 Å². The fraction of sp³-hybridized carbons (Fsp3) is 0.409. The highest BCUT2D eigenvalue weighted by Gasteiger charge is 2.30. The molecule has 5 rings (SSSR count). The Hall–Kier alpha value is -3.17. The van der Waals surface area contributed by atoms with Crippen LogP contribution in [0.4, 0.5) is 17.3 Å². The van der Waals surface area contributed by atoms with E-state index in [0.29, 0.717) is 12.0 Å². The highest BCUT2D eigenvalue weighted by molar-refractivity contribution is 5.71. The number of benzene rings is 1. The number of nitrogens with one attached hydrogen (secondary N) is 1. The summed E-state index contributed by atoms with van der Waals surface area (Å²) in [7, 11) is 1.73. The zero-order chi connectivity index (χ0) is 21.2. The Kier molecular flexibility index (Phi) is 5.44. The summed E-state index contributed by atoms with van der Waals surface area (Å²) in [5, 5.41) is 7.86. The van der Waals surface area contributed by atoms with E-state index in [-0.39, 0.29) is 0 Å². The van der Waals surface area contributed by atoms with Gasteiger partial charge in [-0.1, -0.05) is 0 Å². The highest BCUT2D eigenvalue weighted by Crippen LogP contribution is 2.36. The number of anilines is 3. The molecule has 1 aromatic carbocycles. The molecule has 0 unspecified atom stereocenters. The molecule has 9 heteroatoms. The van der Waals surface area contributed by atoms with Crippen LogP contribution in [0.3, 0.4) is 0 Å². The minimum atomic E-state index is 0.536. The lowest BCUT2D eigenvalue weighted by molar-refractivity contribution is -0.0660. The third kappa shape index (κ3) is 4.06. The highest BCUT2D eigenvalue weighted by atomic mass is 16.5. The molecule has 0 radical (unpaired) electrons. The number of pyridine rings is 1. The molecule has 0 saturated carbocycles. The van der Waals surface area contributed by atoms with Gasteiger partial charge in [-0.2, -0.15) is 4.98 Å². The van der Waals surface area contributed by atoms with Gasteiger partial charge in [-0.25, -0.2) is 4.68 Å². The first-order chi connectivity index (χ1) is 15.2. The van der Waals surface area contributed by atoms with Crippen LogP contribution < -0.4 is 15.0 Å². The van der Waals surface area contributed by atoms with Crippen molar-refractivity contribution in [2.75, 3.05) is 56.7 Å². The SMILES string of the molecule is COc1c(C)cc(Nc2ncn(-c3cccnc3)n2)cc1N1CCN(C2COC2)CC1. The summed E-state index contributed by atoms with van der Waals surface area (Å²) in [5.74, 6) is 1.45. The lowest BCUT2D eigenvalue weighted by Crippen LogP contribution is -2.56. The zero-order valence-corrected chi connectivity index (χ0v) is 17.9. The zero-order valence-electron chi connectivity index (χ0n) is 17.9. The van der Waals surface area contributed by atoms with E-state index in [1.54, 1.807) is 30.5 Å². The van der Waals surface area contributed by atoms with E-state index in [4.69, 9.17) is 9.47 Å². The molecule has 9 nitrogen and oxygen atoms in total. The van der Waals surface area contributed by atoms with Crippen molar-refractivity contribution in [1.29, 1.82) is 0 Å². The van der Waals surface area contributed by atoms with Gasteiger partial charge < -0.3 is 19.7 Å². The molecule has 2 saturated heterocycles. The molecule has 0 spiro atoms. The molecule has 162 valence electrons. The van der Waals surface area contributed by atoms with Crippen molar-refractivity contribution in [3.05, 3.63) is 48.5 Å². The Labute approximate surface area is 181 Å². The van der Waals surface area contributed by atoms with Gasteiger partial charge in [0.05, 0.1) is 43.9 Å². The van der Waals surface area contributed by atoms with Crippen molar-refractivity contribution in [2.24, 2.45) is 0 Å². The van der Waals surface area contributed by atoms with Gasteiger partial charge in [-0.15, -0.1) is 5.10 Å². The van der Waals surface area contributed by atoms with Gasteiger partial charge in [0.25, 0.3) is 0 Å². The van der Waals surface area contributed by atoms with Crippen LogP contribution in [-0.4, -0.2) is 77.2 Å². The topological polar surface area (TPSA) is 80.6 Å². The molecule has 3 aromatic rings. The van der Waals surface area contributed by atoms with E-state index in [0.717, 1.165) is 67.8 Å². The van der Waals surface area contributed by atoms with E-state index in [1.165, 1.54) is 0 Å². The summed E-state index contributed by atoms with van der Waals surface area (Å²) in [5.41, 5.74) is 3.97. The largest absolute Gasteiger partial charge is 0.494 e. The molecule has 4 heterocycles. The summed E-state index contributed by atoms with van der Waals surface area (Å²) in [6, 6.07) is 8.59. The van der Waals surface area contributed by atoms with Crippen LogP contribution in [0, 0.1) is 6.92 Å². The second kappa shape index (κ2) is 8.52. The summed E-state index contributed by atoms with van der Waals surface area (Å²) in [6.07, 6.45) is 5.17. The molecule has 31 heavy (non-hydrogen) atoms. The van der Waals surface area contributed by atoms with Crippen LogP contribution in [0.15, 0.2) is 43.0 Å². The number of rotatable bonds is 6. The van der Waals surface area contributed by atoms with Crippen molar-refractivity contribution in [2.45, 2.75) is 13.0 Å². The number of methoxy groups -OCH3 is 1. The van der Waals surface area contributed by atoms with Gasteiger partial charge in [0.1, 0.15) is 12.1 Å². The molecule has 0 atom stereocenters. The number of nitrogens with zero attached hydrogens (tertiary/aromatic N) is 6. The molecular formula is C22H27N7O2. The first-order valence-corrected chi connectivity index (χ1v) is 10.6. The van der Waals surface area contributed by atoms with Crippen LogP contribution in [-0.2, 0) is 4.74 Å². The molecule has 2 aliphatic heterocycles. The van der Waals surface area contributed by atoms with Crippen molar-refractivity contribution in [3.63, 3.8) is 0 Å². The molecular weight excluding hydrogens is 394 g/mol. The molecule has 2 fully saturated rings. The number of aromatic nitrogens is 4. The second-order valence-electron chi connectivity index (χ2n) is 7.91. The number of ether oxygens (including phenoxy) is 2. The van der Waals surface area contributed by atoms with Crippen LogP contribution in [0.2, 0.25) is 0 Å². The third-order valence-corrected chi connectivity index (χ3v) is 5.91. The Morgan fingerprint density at radius 1 is 1.16 bits per heavy atom. The number of hydrogen-bond acceptors (Lipinski definition) is 8. The van der Waals surface area contributed by atoms with Crippen LogP contribution >= 0.6 is 0 Å². The maximum Gasteiger partial charge on any atom is 0.246 e. The van der Waals surface area contributed by atoms with Crippen molar-refractivity contribution < 1.29 is 9.47 Å². The van der Waals surface area contributed by atoms with Crippen molar-refractivity contribution in [3.8, 4) is 11.4 Å². The minimum Gasteiger partial charge on any atom is -0.494 e. The molecule has 0 bridgehead atoms. The third-order valence-electron chi connectivity index (χ3n) is 5.91. The molecule has 1 N–H and O–H groups in total. The van der Waals surface area contributed by atoms with E-state index in [1.807, 2.05) is 12.1 Å². The van der Waals surface area contributed by atoms with E-state index in [2.05, 4.69) is 49.2 Å². The fourth-order valence-electron chi connectivity index (χ4n) is 4.15. The molecule has 2 aliphatic rings. The lowest BCUT2D eigenvalue weighted by Gasteiger charge is -2.43.